The lowest BCUT2D eigenvalue weighted by Gasteiger charge is -2.22. The van der Waals surface area contributed by atoms with Crippen molar-refractivity contribution in [1.29, 1.82) is 0 Å². The van der Waals surface area contributed by atoms with Crippen molar-refractivity contribution in [3.8, 4) is 0 Å². The summed E-state index contributed by atoms with van der Waals surface area (Å²) in [5.74, 6) is -0.257. The molecule has 0 amide bonds. The standard InChI is InChI=1S/C11H16N2O3S/c1-15-10(14)6-9-7-17-11(13-9)12-8-2-4-16-5-3-8/h7-8H,2-6H2,1H3,(H,12,13). The Morgan fingerprint density at radius 3 is 3.12 bits per heavy atom. The van der Waals surface area contributed by atoms with Gasteiger partial charge in [0, 0.05) is 24.6 Å². The zero-order valence-electron chi connectivity index (χ0n) is 9.77. The summed E-state index contributed by atoms with van der Waals surface area (Å²) in [6.07, 6.45) is 2.25. The first-order chi connectivity index (χ1) is 8.28. The number of carbonyl (C=O) groups is 1. The molecule has 5 nitrogen and oxygen atoms in total. The van der Waals surface area contributed by atoms with Crippen LogP contribution in [0.3, 0.4) is 0 Å². The molecule has 1 N–H and O–H groups in total. The van der Waals surface area contributed by atoms with Crippen molar-refractivity contribution < 1.29 is 14.3 Å². The molecule has 1 aliphatic rings. The summed E-state index contributed by atoms with van der Waals surface area (Å²) in [5.41, 5.74) is 0.761. The van der Waals surface area contributed by atoms with Crippen LogP contribution < -0.4 is 5.32 Å². The van der Waals surface area contributed by atoms with E-state index in [0.29, 0.717) is 6.04 Å². The quantitative estimate of drug-likeness (QED) is 0.826. The van der Waals surface area contributed by atoms with E-state index in [0.717, 1.165) is 36.9 Å². The SMILES string of the molecule is COC(=O)Cc1csc(NC2CCOCC2)n1. The van der Waals surface area contributed by atoms with Crippen LogP contribution in [-0.2, 0) is 20.7 Å². The maximum absolute atomic E-state index is 11.1. The molecule has 0 bridgehead atoms. The van der Waals surface area contributed by atoms with Gasteiger partial charge in [0.05, 0.1) is 19.2 Å². The summed E-state index contributed by atoms with van der Waals surface area (Å²) in [4.78, 5) is 15.4. The fraction of sp³-hybridized carbons (Fsp3) is 0.636. The summed E-state index contributed by atoms with van der Waals surface area (Å²) >= 11 is 1.52. The molecule has 0 atom stereocenters. The number of hydrogen-bond acceptors (Lipinski definition) is 6. The first-order valence-corrected chi connectivity index (χ1v) is 6.51. The Balaban J connectivity index is 1.86. The summed E-state index contributed by atoms with van der Waals surface area (Å²) < 4.78 is 9.89. The van der Waals surface area contributed by atoms with Crippen LogP contribution in [0, 0.1) is 0 Å². The van der Waals surface area contributed by atoms with Gasteiger partial charge in [-0.25, -0.2) is 4.98 Å². The van der Waals surface area contributed by atoms with Crippen molar-refractivity contribution in [3.63, 3.8) is 0 Å². The zero-order chi connectivity index (χ0) is 12.1. The number of hydrogen-bond donors (Lipinski definition) is 1. The highest BCUT2D eigenvalue weighted by atomic mass is 32.1. The van der Waals surface area contributed by atoms with Crippen LogP contribution in [0.1, 0.15) is 18.5 Å². The molecule has 2 rings (SSSR count). The summed E-state index contributed by atoms with van der Waals surface area (Å²) in [6.45, 7) is 1.61. The lowest BCUT2D eigenvalue weighted by molar-refractivity contribution is -0.139. The molecule has 6 heteroatoms. The van der Waals surface area contributed by atoms with Gasteiger partial charge in [0.2, 0.25) is 0 Å². The fourth-order valence-corrected chi connectivity index (χ4v) is 2.48. The minimum atomic E-state index is -0.257. The zero-order valence-corrected chi connectivity index (χ0v) is 10.6. The maximum atomic E-state index is 11.1. The molecule has 1 saturated heterocycles. The van der Waals surface area contributed by atoms with Crippen LogP contribution in [0.25, 0.3) is 0 Å². The highest BCUT2D eigenvalue weighted by molar-refractivity contribution is 7.13. The highest BCUT2D eigenvalue weighted by Gasteiger charge is 2.15. The maximum Gasteiger partial charge on any atom is 0.311 e. The predicted octanol–water partition coefficient (Wildman–Crippen LogP) is 1.45. The molecule has 1 aromatic rings. The summed E-state index contributed by atoms with van der Waals surface area (Å²) in [6, 6.07) is 0.431. The minimum Gasteiger partial charge on any atom is -0.469 e. The highest BCUT2D eigenvalue weighted by Crippen LogP contribution is 2.20. The lowest BCUT2D eigenvalue weighted by Crippen LogP contribution is -2.27. The van der Waals surface area contributed by atoms with E-state index in [2.05, 4.69) is 15.0 Å². The second-order valence-corrected chi connectivity index (χ2v) is 4.79. The number of carbonyl (C=O) groups excluding carboxylic acids is 1. The van der Waals surface area contributed by atoms with Crippen LogP contribution >= 0.6 is 11.3 Å². The Kier molecular flexibility index (Phi) is 4.33. The molecule has 17 heavy (non-hydrogen) atoms. The second-order valence-electron chi connectivity index (χ2n) is 3.93. The van der Waals surface area contributed by atoms with Gasteiger partial charge in [0.15, 0.2) is 5.13 Å². The topological polar surface area (TPSA) is 60.5 Å². The van der Waals surface area contributed by atoms with E-state index < -0.39 is 0 Å². The van der Waals surface area contributed by atoms with Gasteiger partial charge in [0.25, 0.3) is 0 Å². The third kappa shape index (κ3) is 3.67. The number of rotatable bonds is 4. The molecular formula is C11H16N2O3S. The molecule has 94 valence electrons. The number of thiazole rings is 1. The van der Waals surface area contributed by atoms with Crippen molar-refractivity contribution in [3.05, 3.63) is 11.1 Å². The number of nitrogens with zero attached hydrogens (tertiary/aromatic N) is 1. The van der Waals surface area contributed by atoms with Crippen LogP contribution in [0.15, 0.2) is 5.38 Å². The smallest absolute Gasteiger partial charge is 0.311 e. The molecule has 0 saturated carbocycles. The van der Waals surface area contributed by atoms with Crippen LogP contribution in [0.5, 0.6) is 0 Å². The Morgan fingerprint density at radius 1 is 1.65 bits per heavy atom. The van der Waals surface area contributed by atoms with Gasteiger partial charge in [-0.05, 0) is 12.8 Å². The first-order valence-electron chi connectivity index (χ1n) is 5.63. The van der Waals surface area contributed by atoms with E-state index in [1.165, 1.54) is 18.4 Å². The van der Waals surface area contributed by atoms with Gasteiger partial charge in [-0.2, -0.15) is 0 Å². The fourth-order valence-electron chi connectivity index (χ4n) is 1.69. The lowest BCUT2D eigenvalue weighted by atomic mass is 10.1. The van der Waals surface area contributed by atoms with Crippen molar-refractivity contribution in [1.82, 2.24) is 4.98 Å². The Bertz CT molecular complexity index is 375. The molecule has 0 radical (unpaired) electrons. The van der Waals surface area contributed by atoms with E-state index in [9.17, 15) is 4.79 Å². The summed E-state index contributed by atoms with van der Waals surface area (Å²) in [7, 11) is 1.38. The van der Waals surface area contributed by atoms with Crippen LogP contribution in [0.4, 0.5) is 5.13 Å². The Morgan fingerprint density at radius 2 is 2.41 bits per heavy atom. The summed E-state index contributed by atoms with van der Waals surface area (Å²) in [5, 5.41) is 6.13. The van der Waals surface area contributed by atoms with Gasteiger partial charge in [-0.1, -0.05) is 0 Å². The average molecular weight is 256 g/mol. The molecule has 0 spiro atoms. The molecule has 1 aliphatic heterocycles. The number of methoxy groups -OCH3 is 1. The number of aromatic nitrogens is 1. The molecule has 1 aromatic heterocycles. The van der Waals surface area contributed by atoms with E-state index in [1.54, 1.807) is 0 Å². The third-order valence-electron chi connectivity index (χ3n) is 2.65. The van der Waals surface area contributed by atoms with Crippen molar-refractivity contribution in [2.24, 2.45) is 0 Å². The van der Waals surface area contributed by atoms with Crippen LogP contribution in [-0.4, -0.2) is 37.3 Å². The van der Waals surface area contributed by atoms with Gasteiger partial charge in [0.1, 0.15) is 0 Å². The minimum absolute atomic E-state index is 0.239. The molecule has 1 fully saturated rings. The molecule has 0 aliphatic carbocycles. The Labute approximate surface area is 104 Å². The van der Waals surface area contributed by atoms with Crippen molar-refractivity contribution in [2.45, 2.75) is 25.3 Å². The van der Waals surface area contributed by atoms with Gasteiger partial charge < -0.3 is 14.8 Å². The number of esters is 1. The normalized spacial score (nSPS) is 16.8. The van der Waals surface area contributed by atoms with E-state index in [1.807, 2.05) is 5.38 Å². The van der Waals surface area contributed by atoms with Gasteiger partial charge in [-0.15, -0.1) is 11.3 Å². The van der Waals surface area contributed by atoms with Crippen molar-refractivity contribution >= 4 is 22.4 Å². The largest absolute Gasteiger partial charge is 0.469 e. The predicted molar refractivity (Wildman–Crippen MR) is 65.3 cm³/mol. The van der Waals surface area contributed by atoms with Gasteiger partial charge in [-0.3, -0.25) is 4.79 Å². The molecule has 0 unspecified atom stereocenters. The molecule has 0 aromatic carbocycles. The number of anilines is 1. The second kappa shape index (κ2) is 5.97. The molecular weight excluding hydrogens is 240 g/mol. The average Bonchev–Trinajstić information content (AvgIpc) is 2.77. The first kappa shape index (κ1) is 12.3. The van der Waals surface area contributed by atoms with Gasteiger partial charge >= 0.3 is 5.97 Å². The number of nitrogens with one attached hydrogen (secondary N) is 1. The third-order valence-corrected chi connectivity index (χ3v) is 3.48. The van der Waals surface area contributed by atoms with E-state index in [-0.39, 0.29) is 12.4 Å². The van der Waals surface area contributed by atoms with E-state index in [4.69, 9.17) is 4.74 Å². The van der Waals surface area contributed by atoms with Crippen molar-refractivity contribution in [2.75, 3.05) is 25.6 Å². The van der Waals surface area contributed by atoms with E-state index >= 15 is 0 Å². The molecule has 2 heterocycles. The monoisotopic (exact) mass is 256 g/mol. The Hall–Kier alpha value is -1.14. The number of ether oxygens (including phenoxy) is 2. The van der Waals surface area contributed by atoms with Crippen LogP contribution in [0.2, 0.25) is 0 Å².